The Kier molecular flexibility index (Phi) is 4.79. The fraction of sp³-hybridized carbons (Fsp3) is 0.118. The van der Waals surface area contributed by atoms with Crippen molar-refractivity contribution in [2.24, 2.45) is 0 Å². The molecule has 0 aliphatic heterocycles. The Morgan fingerprint density at radius 2 is 2.00 bits per heavy atom. The number of aromatic nitrogens is 3. The van der Waals surface area contributed by atoms with Crippen LogP contribution in [-0.4, -0.2) is 26.3 Å². The molecule has 0 bridgehead atoms. The first-order valence-corrected chi connectivity index (χ1v) is 8.38. The van der Waals surface area contributed by atoms with Crippen LogP contribution in [0.3, 0.4) is 0 Å². The summed E-state index contributed by atoms with van der Waals surface area (Å²) < 4.78 is 1.82. The van der Waals surface area contributed by atoms with E-state index >= 15 is 0 Å². The van der Waals surface area contributed by atoms with Gasteiger partial charge in [-0.05, 0) is 25.1 Å². The standard InChI is InChI=1S/C17H14ClN3OS/c1-12-5-7-13(8-6-12)16(22)10-23-17-20-19-11-21(17)15-4-2-3-14(18)9-15/h2-9,11H,10H2,1H3. The Morgan fingerprint density at radius 1 is 1.22 bits per heavy atom. The topological polar surface area (TPSA) is 47.8 Å². The molecule has 23 heavy (non-hydrogen) atoms. The van der Waals surface area contributed by atoms with Crippen molar-refractivity contribution in [2.75, 3.05) is 5.75 Å². The zero-order chi connectivity index (χ0) is 16.2. The van der Waals surface area contributed by atoms with Crippen LogP contribution in [0.4, 0.5) is 0 Å². The monoisotopic (exact) mass is 343 g/mol. The summed E-state index contributed by atoms with van der Waals surface area (Å²) in [5.74, 6) is 0.373. The minimum atomic E-state index is 0.0654. The molecule has 1 aromatic heterocycles. The molecule has 0 saturated carbocycles. The quantitative estimate of drug-likeness (QED) is 0.514. The number of halogens is 1. The minimum Gasteiger partial charge on any atom is -0.293 e. The number of hydrogen-bond acceptors (Lipinski definition) is 4. The van der Waals surface area contributed by atoms with Crippen LogP contribution in [-0.2, 0) is 0 Å². The number of rotatable bonds is 5. The van der Waals surface area contributed by atoms with Crippen molar-refractivity contribution in [2.45, 2.75) is 12.1 Å². The van der Waals surface area contributed by atoms with Crippen molar-refractivity contribution in [1.82, 2.24) is 14.8 Å². The smallest absolute Gasteiger partial charge is 0.196 e. The molecule has 4 nitrogen and oxygen atoms in total. The maximum atomic E-state index is 12.3. The molecule has 0 N–H and O–H groups in total. The van der Waals surface area contributed by atoms with Gasteiger partial charge in [0.15, 0.2) is 10.9 Å². The number of carbonyl (C=O) groups is 1. The predicted octanol–water partition coefficient (Wildman–Crippen LogP) is 4.20. The predicted molar refractivity (Wildman–Crippen MR) is 92.6 cm³/mol. The molecule has 0 saturated heterocycles. The average Bonchev–Trinajstić information content (AvgIpc) is 3.02. The number of Topliss-reactive ketones (excluding diaryl/α,β-unsaturated/α-hetero) is 1. The van der Waals surface area contributed by atoms with Crippen LogP contribution in [0.2, 0.25) is 5.02 Å². The largest absolute Gasteiger partial charge is 0.293 e. The first-order chi connectivity index (χ1) is 11.1. The van der Waals surface area contributed by atoms with Crippen molar-refractivity contribution in [3.63, 3.8) is 0 Å². The van der Waals surface area contributed by atoms with Gasteiger partial charge in [-0.25, -0.2) is 0 Å². The highest BCUT2D eigenvalue weighted by atomic mass is 35.5. The molecule has 0 atom stereocenters. The minimum absolute atomic E-state index is 0.0654. The van der Waals surface area contributed by atoms with E-state index in [-0.39, 0.29) is 5.78 Å². The van der Waals surface area contributed by atoms with Crippen molar-refractivity contribution in [3.05, 3.63) is 71.0 Å². The summed E-state index contributed by atoms with van der Waals surface area (Å²) in [6.07, 6.45) is 1.62. The lowest BCUT2D eigenvalue weighted by atomic mass is 10.1. The fourth-order valence-corrected chi connectivity index (χ4v) is 3.09. The van der Waals surface area contributed by atoms with Gasteiger partial charge in [0, 0.05) is 10.6 Å². The zero-order valence-corrected chi connectivity index (χ0v) is 14.0. The number of thioether (sulfide) groups is 1. The van der Waals surface area contributed by atoms with E-state index in [1.165, 1.54) is 11.8 Å². The summed E-state index contributed by atoms with van der Waals surface area (Å²) in [6, 6.07) is 15.0. The van der Waals surface area contributed by atoms with Gasteiger partial charge in [0.05, 0.1) is 11.4 Å². The Balaban J connectivity index is 1.73. The van der Waals surface area contributed by atoms with Crippen molar-refractivity contribution in [1.29, 1.82) is 0 Å². The van der Waals surface area contributed by atoms with Crippen LogP contribution in [0.5, 0.6) is 0 Å². The van der Waals surface area contributed by atoms with E-state index in [1.54, 1.807) is 6.33 Å². The van der Waals surface area contributed by atoms with Gasteiger partial charge in [0.1, 0.15) is 6.33 Å². The molecular weight excluding hydrogens is 330 g/mol. The van der Waals surface area contributed by atoms with Gasteiger partial charge in [-0.15, -0.1) is 10.2 Å². The first-order valence-electron chi connectivity index (χ1n) is 7.02. The highest BCUT2D eigenvalue weighted by molar-refractivity contribution is 7.99. The highest BCUT2D eigenvalue weighted by Gasteiger charge is 2.11. The van der Waals surface area contributed by atoms with Gasteiger partial charge >= 0.3 is 0 Å². The molecule has 0 unspecified atom stereocenters. The molecule has 2 aromatic carbocycles. The first kappa shape index (κ1) is 15.8. The third-order valence-electron chi connectivity index (χ3n) is 3.31. The van der Waals surface area contributed by atoms with E-state index in [9.17, 15) is 4.79 Å². The molecular formula is C17H14ClN3OS. The van der Waals surface area contributed by atoms with Gasteiger partial charge in [-0.2, -0.15) is 0 Å². The number of carbonyl (C=O) groups excluding carboxylic acids is 1. The maximum Gasteiger partial charge on any atom is 0.196 e. The molecule has 0 aliphatic rings. The van der Waals surface area contributed by atoms with Gasteiger partial charge in [-0.3, -0.25) is 9.36 Å². The summed E-state index contributed by atoms with van der Waals surface area (Å²) in [7, 11) is 0. The molecule has 0 radical (unpaired) electrons. The number of benzene rings is 2. The molecule has 0 fully saturated rings. The van der Waals surface area contributed by atoms with E-state index in [1.807, 2.05) is 60.0 Å². The maximum absolute atomic E-state index is 12.3. The summed E-state index contributed by atoms with van der Waals surface area (Å²) in [5.41, 5.74) is 2.71. The molecule has 0 amide bonds. The lowest BCUT2D eigenvalue weighted by Gasteiger charge is -2.06. The van der Waals surface area contributed by atoms with Crippen molar-refractivity contribution < 1.29 is 4.79 Å². The van der Waals surface area contributed by atoms with Gasteiger partial charge in [0.25, 0.3) is 0 Å². The normalized spacial score (nSPS) is 10.7. The SMILES string of the molecule is Cc1ccc(C(=O)CSc2nncn2-c2cccc(Cl)c2)cc1. The molecule has 0 spiro atoms. The Labute approximate surface area is 143 Å². The van der Waals surface area contributed by atoms with E-state index in [4.69, 9.17) is 11.6 Å². The highest BCUT2D eigenvalue weighted by Crippen LogP contribution is 2.22. The molecule has 6 heteroatoms. The third-order valence-corrected chi connectivity index (χ3v) is 4.49. The van der Waals surface area contributed by atoms with E-state index in [0.29, 0.717) is 21.5 Å². The van der Waals surface area contributed by atoms with E-state index in [0.717, 1.165) is 11.3 Å². The van der Waals surface area contributed by atoms with Gasteiger partial charge < -0.3 is 0 Å². The van der Waals surface area contributed by atoms with E-state index in [2.05, 4.69) is 10.2 Å². The van der Waals surface area contributed by atoms with Crippen molar-refractivity contribution >= 4 is 29.1 Å². The Hall–Kier alpha value is -2.11. The van der Waals surface area contributed by atoms with Crippen LogP contribution in [0.1, 0.15) is 15.9 Å². The van der Waals surface area contributed by atoms with E-state index < -0.39 is 0 Å². The Morgan fingerprint density at radius 3 is 2.74 bits per heavy atom. The molecule has 0 aliphatic carbocycles. The lowest BCUT2D eigenvalue weighted by molar-refractivity contribution is 0.102. The molecule has 1 heterocycles. The summed E-state index contributed by atoms with van der Waals surface area (Å²) in [4.78, 5) is 12.3. The lowest BCUT2D eigenvalue weighted by Crippen LogP contribution is -2.04. The number of aryl methyl sites for hydroxylation is 1. The zero-order valence-electron chi connectivity index (χ0n) is 12.4. The number of hydrogen-bond donors (Lipinski definition) is 0. The fourth-order valence-electron chi connectivity index (χ4n) is 2.08. The van der Waals surface area contributed by atoms with Crippen LogP contribution in [0, 0.1) is 6.92 Å². The molecule has 116 valence electrons. The summed E-state index contributed by atoms with van der Waals surface area (Å²) in [6.45, 7) is 2.00. The van der Waals surface area contributed by atoms with Gasteiger partial charge in [-0.1, -0.05) is 59.3 Å². The second-order valence-corrected chi connectivity index (χ2v) is 6.42. The second-order valence-electron chi connectivity index (χ2n) is 5.04. The third kappa shape index (κ3) is 3.81. The van der Waals surface area contributed by atoms with Crippen LogP contribution in [0.15, 0.2) is 60.0 Å². The number of ketones is 1. The number of nitrogens with zero attached hydrogens (tertiary/aromatic N) is 3. The Bertz CT molecular complexity index is 830. The van der Waals surface area contributed by atoms with Crippen molar-refractivity contribution in [3.8, 4) is 5.69 Å². The molecule has 3 aromatic rings. The van der Waals surface area contributed by atoms with Crippen LogP contribution in [0.25, 0.3) is 5.69 Å². The summed E-state index contributed by atoms with van der Waals surface area (Å²) >= 11 is 7.38. The molecule has 3 rings (SSSR count). The van der Waals surface area contributed by atoms with Crippen LogP contribution >= 0.6 is 23.4 Å². The summed E-state index contributed by atoms with van der Waals surface area (Å²) in [5, 5.41) is 9.31. The average molecular weight is 344 g/mol. The van der Waals surface area contributed by atoms with Crippen LogP contribution < -0.4 is 0 Å². The second kappa shape index (κ2) is 6.98. The van der Waals surface area contributed by atoms with Gasteiger partial charge in [0.2, 0.25) is 0 Å².